The maximum absolute atomic E-state index is 12.4. The van der Waals surface area contributed by atoms with E-state index in [2.05, 4.69) is 20.9 Å². The van der Waals surface area contributed by atoms with Gasteiger partial charge in [0.25, 0.3) is 0 Å². The van der Waals surface area contributed by atoms with Crippen LogP contribution in [0.3, 0.4) is 0 Å². The number of aliphatic hydroxyl groups excluding tert-OH is 2. The van der Waals surface area contributed by atoms with Crippen molar-refractivity contribution in [1.82, 2.24) is 20.9 Å². The van der Waals surface area contributed by atoms with Crippen LogP contribution in [0.15, 0.2) is 60.8 Å². The number of nitrogens with one attached hydrogen (secondary N) is 4. The smallest absolute Gasteiger partial charge is 0.407 e. The zero-order chi connectivity index (χ0) is 27.7. The Balaban J connectivity index is 1.61. The number of benzene rings is 2. The van der Waals surface area contributed by atoms with E-state index >= 15 is 0 Å². The van der Waals surface area contributed by atoms with Gasteiger partial charge in [0.1, 0.15) is 5.60 Å². The van der Waals surface area contributed by atoms with Crippen LogP contribution in [0.1, 0.15) is 31.9 Å². The molecule has 3 rings (SSSR count). The van der Waals surface area contributed by atoms with Gasteiger partial charge >= 0.3 is 12.2 Å². The van der Waals surface area contributed by atoms with Gasteiger partial charge in [0.15, 0.2) is 0 Å². The number of hydrogen-bond acceptors (Lipinski definition) is 6. The Morgan fingerprint density at radius 3 is 2.13 bits per heavy atom. The highest BCUT2D eigenvalue weighted by molar-refractivity contribution is 5.83. The summed E-state index contributed by atoms with van der Waals surface area (Å²) in [5, 5.41) is 40.2. The maximum Gasteiger partial charge on any atom is 0.407 e. The van der Waals surface area contributed by atoms with Crippen molar-refractivity contribution in [3.63, 3.8) is 0 Å². The molecular formula is C28H38N4O6. The average Bonchev–Trinajstić information content (AvgIpc) is 3.25. The highest BCUT2D eigenvalue weighted by atomic mass is 16.6. The van der Waals surface area contributed by atoms with Crippen LogP contribution in [0.4, 0.5) is 9.59 Å². The van der Waals surface area contributed by atoms with Gasteiger partial charge < -0.3 is 41.0 Å². The second kappa shape index (κ2) is 13.3. The van der Waals surface area contributed by atoms with Crippen LogP contribution in [0.5, 0.6) is 0 Å². The second-order valence-electron chi connectivity index (χ2n) is 10.4. The fourth-order valence-corrected chi connectivity index (χ4v) is 4.25. The molecule has 0 bridgehead atoms. The molecule has 1 heterocycles. The number of rotatable bonds is 12. The Morgan fingerprint density at radius 1 is 0.895 bits per heavy atom. The maximum atomic E-state index is 12.4. The first-order valence-electron chi connectivity index (χ1n) is 12.7. The van der Waals surface area contributed by atoms with Crippen molar-refractivity contribution in [3.8, 4) is 0 Å². The number of aromatic nitrogens is 1. The topological polar surface area (TPSA) is 156 Å². The van der Waals surface area contributed by atoms with Crippen LogP contribution in [-0.4, -0.2) is 75.5 Å². The molecule has 38 heavy (non-hydrogen) atoms. The molecule has 0 aliphatic carbocycles. The van der Waals surface area contributed by atoms with Crippen LogP contribution < -0.4 is 16.0 Å². The number of carbonyl (C=O) groups excluding carboxylic acids is 1. The molecule has 0 saturated carbocycles. The summed E-state index contributed by atoms with van der Waals surface area (Å²) in [5.41, 5.74) is 2.04. The van der Waals surface area contributed by atoms with E-state index in [1.54, 1.807) is 20.8 Å². The third kappa shape index (κ3) is 9.05. The van der Waals surface area contributed by atoms with Crippen molar-refractivity contribution < 1.29 is 29.6 Å². The third-order valence-corrected chi connectivity index (χ3v) is 6.06. The second-order valence-corrected chi connectivity index (χ2v) is 10.4. The van der Waals surface area contributed by atoms with Gasteiger partial charge in [-0.15, -0.1) is 0 Å². The molecular weight excluding hydrogens is 488 g/mol. The van der Waals surface area contributed by atoms with Crippen molar-refractivity contribution in [2.45, 2.75) is 63.5 Å². The van der Waals surface area contributed by atoms with E-state index in [0.717, 1.165) is 22.0 Å². The fraction of sp³-hybridized carbons (Fsp3) is 0.429. The van der Waals surface area contributed by atoms with Crippen molar-refractivity contribution in [2.75, 3.05) is 13.1 Å². The number of aliphatic hydroxyl groups is 2. The van der Waals surface area contributed by atoms with E-state index in [9.17, 15) is 24.9 Å². The monoisotopic (exact) mass is 526 g/mol. The highest BCUT2D eigenvalue weighted by Gasteiger charge is 2.27. The van der Waals surface area contributed by atoms with Gasteiger partial charge in [-0.2, -0.15) is 0 Å². The Morgan fingerprint density at radius 2 is 1.50 bits per heavy atom. The van der Waals surface area contributed by atoms with Crippen LogP contribution >= 0.6 is 0 Å². The number of carboxylic acid groups (broad SMARTS) is 1. The number of aromatic amines is 1. The normalized spacial score (nSPS) is 14.9. The van der Waals surface area contributed by atoms with Crippen molar-refractivity contribution in [1.29, 1.82) is 0 Å². The summed E-state index contributed by atoms with van der Waals surface area (Å²) >= 11 is 0. The van der Waals surface area contributed by atoms with Gasteiger partial charge in [-0.1, -0.05) is 48.5 Å². The zero-order valence-electron chi connectivity index (χ0n) is 22.0. The summed E-state index contributed by atoms with van der Waals surface area (Å²) in [7, 11) is 0. The number of alkyl carbamates (subject to hydrolysis) is 1. The molecule has 1 unspecified atom stereocenters. The average molecular weight is 527 g/mol. The lowest BCUT2D eigenvalue weighted by Gasteiger charge is -2.28. The fourth-order valence-electron chi connectivity index (χ4n) is 4.25. The molecule has 4 atom stereocenters. The number of para-hydroxylation sites is 1. The van der Waals surface area contributed by atoms with E-state index in [0.29, 0.717) is 6.42 Å². The summed E-state index contributed by atoms with van der Waals surface area (Å²) in [6, 6.07) is 15.7. The first kappa shape index (κ1) is 29.0. The lowest BCUT2D eigenvalue weighted by molar-refractivity contribution is 0.0416. The van der Waals surface area contributed by atoms with Crippen molar-refractivity contribution in [3.05, 3.63) is 71.9 Å². The largest absolute Gasteiger partial charge is 0.465 e. The molecule has 2 amide bonds. The minimum atomic E-state index is -1.24. The van der Waals surface area contributed by atoms with Gasteiger partial charge in [0.2, 0.25) is 0 Å². The van der Waals surface area contributed by atoms with Crippen LogP contribution in [0.2, 0.25) is 0 Å². The molecule has 206 valence electrons. The summed E-state index contributed by atoms with van der Waals surface area (Å²) in [5.74, 6) is 0. The Hall–Kier alpha value is -3.60. The van der Waals surface area contributed by atoms with E-state index in [-0.39, 0.29) is 19.5 Å². The van der Waals surface area contributed by atoms with Gasteiger partial charge in [-0.05, 0) is 50.8 Å². The summed E-state index contributed by atoms with van der Waals surface area (Å²) < 4.78 is 5.36. The summed E-state index contributed by atoms with van der Waals surface area (Å²) in [4.78, 5) is 27.0. The standard InChI is InChI=1S/C28H38N4O6/c1-28(2,3)38-27(37)32-22(13-18-9-5-4-6-10-18)24(33)16-29-17-25(34)23(31-26(35)36)14-19-15-30-21-12-8-7-11-20(19)21/h4-12,15,22-25,29-31,33-34H,13-14,16-17H2,1-3H3,(H,32,37)(H,35,36)/t22-,23-,24?,25+/m0/s1. The quantitative estimate of drug-likeness (QED) is 0.191. The van der Waals surface area contributed by atoms with E-state index in [1.165, 1.54) is 0 Å². The van der Waals surface area contributed by atoms with Gasteiger partial charge in [0.05, 0.1) is 24.3 Å². The predicted molar refractivity (Wildman–Crippen MR) is 145 cm³/mol. The van der Waals surface area contributed by atoms with Crippen molar-refractivity contribution in [2.24, 2.45) is 0 Å². The zero-order valence-corrected chi connectivity index (χ0v) is 22.0. The number of H-pyrrole nitrogens is 1. The minimum Gasteiger partial charge on any atom is -0.465 e. The van der Waals surface area contributed by atoms with Crippen molar-refractivity contribution >= 4 is 23.1 Å². The number of fused-ring (bicyclic) bond motifs is 1. The molecule has 0 aliphatic heterocycles. The van der Waals surface area contributed by atoms with Crippen LogP contribution in [0.25, 0.3) is 10.9 Å². The minimum absolute atomic E-state index is 0.0227. The van der Waals surface area contributed by atoms with Gasteiger partial charge in [-0.3, -0.25) is 0 Å². The summed E-state index contributed by atoms with van der Waals surface area (Å²) in [6.07, 6.45) is -1.50. The molecule has 0 radical (unpaired) electrons. The molecule has 1 aromatic heterocycles. The lowest BCUT2D eigenvalue weighted by atomic mass is 9.99. The predicted octanol–water partition coefficient (Wildman–Crippen LogP) is 2.79. The number of ether oxygens (including phenoxy) is 1. The van der Waals surface area contributed by atoms with E-state index in [1.807, 2.05) is 60.8 Å². The summed E-state index contributed by atoms with van der Waals surface area (Å²) in [6.45, 7) is 5.36. The number of amides is 2. The molecule has 2 aromatic carbocycles. The molecule has 7 N–H and O–H groups in total. The SMILES string of the molecule is CC(C)(C)OC(=O)N[C@@H](Cc1ccccc1)C(O)CNC[C@@H](O)[C@H](Cc1c[nH]c2ccccc12)NC(=O)O. The molecule has 10 nitrogen and oxygen atoms in total. The third-order valence-electron chi connectivity index (χ3n) is 6.06. The highest BCUT2D eigenvalue weighted by Crippen LogP contribution is 2.20. The molecule has 0 aliphatic rings. The lowest BCUT2D eigenvalue weighted by Crippen LogP contribution is -2.52. The van der Waals surface area contributed by atoms with Gasteiger partial charge in [-0.25, -0.2) is 9.59 Å². The molecule has 0 saturated heterocycles. The number of carbonyl (C=O) groups is 2. The molecule has 0 fully saturated rings. The Kier molecular flexibility index (Phi) is 10.1. The number of hydrogen-bond donors (Lipinski definition) is 7. The molecule has 3 aromatic rings. The van der Waals surface area contributed by atoms with E-state index in [4.69, 9.17) is 4.74 Å². The first-order valence-corrected chi connectivity index (χ1v) is 12.7. The van der Waals surface area contributed by atoms with Crippen LogP contribution in [0, 0.1) is 0 Å². The van der Waals surface area contributed by atoms with E-state index < -0.39 is 42.1 Å². The molecule has 10 heteroatoms. The first-order chi connectivity index (χ1) is 18.0. The Labute approximate surface area is 222 Å². The Bertz CT molecular complexity index is 1180. The molecule has 0 spiro atoms. The van der Waals surface area contributed by atoms with Gasteiger partial charge in [0, 0.05) is 30.2 Å². The van der Waals surface area contributed by atoms with Crippen LogP contribution in [-0.2, 0) is 17.6 Å².